The Hall–Kier alpha value is -3.59. The van der Waals surface area contributed by atoms with Gasteiger partial charge in [0, 0.05) is 5.56 Å². The predicted octanol–water partition coefficient (Wildman–Crippen LogP) is 2.98. The first kappa shape index (κ1) is 15.3. The molecule has 0 radical (unpaired) electrons. The van der Waals surface area contributed by atoms with Gasteiger partial charge in [-0.15, -0.1) is 0 Å². The number of hydrogen-bond donors (Lipinski definition) is 2. The predicted molar refractivity (Wildman–Crippen MR) is 89.9 cm³/mol. The number of methoxy groups -OCH3 is 1. The van der Waals surface area contributed by atoms with Crippen molar-refractivity contribution in [2.75, 3.05) is 12.8 Å². The van der Waals surface area contributed by atoms with Crippen molar-refractivity contribution in [1.82, 2.24) is 10.2 Å². The SMILES string of the molecule is COC(=O)c1ccc(-c2n[nH]c(N)c2-c2ccc(C#N)cc2)cc1. The zero-order chi connectivity index (χ0) is 17.1. The molecule has 0 spiro atoms. The van der Waals surface area contributed by atoms with E-state index in [0.29, 0.717) is 22.6 Å². The molecule has 2 aromatic carbocycles. The average molecular weight is 318 g/mol. The van der Waals surface area contributed by atoms with Crippen molar-refractivity contribution in [1.29, 1.82) is 5.26 Å². The third kappa shape index (κ3) is 2.71. The van der Waals surface area contributed by atoms with Crippen LogP contribution in [0.2, 0.25) is 0 Å². The van der Waals surface area contributed by atoms with Crippen LogP contribution in [-0.2, 0) is 4.74 Å². The highest BCUT2D eigenvalue weighted by Gasteiger charge is 2.15. The average Bonchev–Trinajstić information content (AvgIpc) is 3.02. The summed E-state index contributed by atoms with van der Waals surface area (Å²) in [6.45, 7) is 0. The molecular weight excluding hydrogens is 304 g/mol. The molecule has 0 atom stereocenters. The number of H-pyrrole nitrogens is 1. The topological polar surface area (TPSA) is 105 Å². The van der Waals surface area contributed by atoms with E-state index in [0.717, 1.165) is 16.7 Å². The number of nitrogens with two attached hydrogens (primary N) is 1. The highest BCUT2D eigenvalue weighted by atomic mass is 16.5. The highest BCUT2D eigenvalue weighted by Crippen LogP contribution is 2.34. The summed E-state index contributed by atoms with van der Waals surface area (Å²) < 4.78 is 4.69. The van der Waals surface area contributed by atoms with Gasteiger partial charge in [-0.1, -0.05) is 24.3 Å². The Labute approximate surface area is 138 Å². The lowest BCUT2D eigenvalue weighted by Crippen LogP contribution is -2.00. The smallest absolute Gasteiger partial charge is 0.337 e. The molecule has 6 heteroatoms. The van der Waals surface area contributed by atoms with E-state index in [1.165, 1.54) is 7.11 Å². The Balaban J connectivity index is 2.03. The normalized spacial score (nSPS) is 10.2. The van der Waals surface area contributed by atoms with Crippen LogP contribution < -0.4 is 5.73 Å². The van der Waals surface area contributed by atoms with E-state index < -0.39 is 5.97 Å². The monoisotopic (exact) mass is 318 g/mol. The van der Waals surface area contributed by atoms with Crippen LogP contribution in [0.5, 0.6) is 0 Å². The zero-order valence-electron chi connectivity index (χ0n) is 12.9. The summed E-state index contributed by atoms with van der Waals surface area (Å²) >= 11 is 0. The van der Waals surface area contributed by atoms with Gasteiger partial charge in [-0.3, -0.25) is 5.10 Å². The van der Waals surface area contributed by atoms with E-state index >= 15 is 0 Å². The van der Waals surface area contributed by atoms with Crippen LogP contribution in [0.1, 0.15) is 15.9 Å². The van der Waals surface area contributed by atoms with Crippen molar-refractivity contribution in [2.45, 2.75) is 0 Å². The van der Waals surface area contributed by atoms with E-state index in [2.05, 4.69) is 16.3 Å². The summed E-state index contributed by atoms with van der Waals surface area (Å²) in [5.41, 5.74) is 10.2. The molecule has 1 heterocycles. The van der Waals surface area contributed by atoms with Gasteiger partial charge in [0.15, 0.2) is 0 Å². The number of rotatable bonds is 3. The second-order valence-electron chi connectivity index (χ2n) is 5.12. The third-order valence-electron chi connectivity index (χ3n) is 3.68. The first-order chi connectivity index (χ1) is 11.6. The summed E-state index contributed by atoms with van der Waals surface area (Å²) in [6.07, 6.45) is 0. The number of carbonyl (C=O) groups is 1. The second-order valence-corrected chi connectivity index (χ2v) is 5.12. The van der Waals surface area contributed by atoms with Crippen LogP contribution in [0.4, 0.5) is 5.82 Å². The third-order valence-corrected chi connectivity index (χ3v) is 3.68. The fourth-order valence-corrected chi connectivity index (χ4v) is 2.45. The van der Waals surface area contributed by atoms with Crippen molar-refractivity contribution >= 4 is 11.8 Å². The quantitative estimate of drug-likeness (QED) is 0.722. The first-order valence-corrected chi connectivity index (χ1v) is 7.17. The molecule has 3 N–H and O–H groups in total. The number of nitriles is 1. The zero-order valence-corrected chi connectivity index (χ0v) is 12.9. The lowest BCUT2D eigenvalue weighted by Gasteiger charge is -2.05. The molecule has 3 rings (SSSR count). The number of nitrogen functional groups attached to an aromatic ring is 1. The Morgan fingerprint density at radius 1 is 1.12 bits per heavy atom. The number of nitrogens with zero attached hydrogens (tertiary/aromatic N) is 2. The van der Waals surface area contributed by atoms with E-state index in [9.17, 15) is 4.79 Å². The molecule has 1 aromatic heterocycles. The molecule has 3 aromatic rings. The van der Waals surface area contributed by atoms with Gasteiger partial charge < -0.3 is 10.5 Å². The van der Waals surface area contributed by atoms with Crippen molar-refractivity contribution < 1.29 is 9.53 Å². The van der Waals surface area contributed by atoms with Crippen LogP contribution in [0.15, 0.2) is 48.5 Å². The van der Waals surface area contributed by atoms with Crippen LogP contribution in [0.25, 0.3) is 22.4 Å². The maximum absolute atomic E-state index is 11.5. The maximum atomic E-state index is 11.5. The number of esters is 1. The van der Waals surface area contributed by atoms with Gasteiger partial charge in [-0.2, -0.15) is 10.4 Å². The maximum Gasteiger partial charge on any atom is 0.337 e. The molecule has 0 aliphatic rings. The van der Waals surface area contributed by atoms with Gasteiger partial charge in [0.25, 0.3) is 0 Å². The van der Waals surface area contributed by atoms with Crippen molar-refractivity contribution in [2.24, 2.45) is 0 Å². The highest BCUT2D eigenvalue weighted by molar-refractivity contribution is 5.91. The molecule has 0 saturated carbocycles. The van der Waals surface area contributed by atoms with Gasteiger partial charge in [0.1, 0.15) is 11.5 Å². The van der Waals surface area contributed by atoms with Crippen LogP contribution in [-0.4, -0.2) is 23.3 Å². The Bertz CT molecular complexity index is 919. The van der Waals surface area contributed by atoms with Crippen molar-refractivity contribution in [3.63, 3.8) is 0 Å². The summed E-state index contributed by atoms with van der Waals surface area (Å²) in [6, 6.07) is 16.1. The first-order valence-electron chi connectivity index (χ1n) is 7.17. The van der Waals surface area contributed by atoms with Crippen LogP contribution in [0.3, 0.4) is 0 Å². The number of carbonyl (C=O) groups excluding carboxylic acids is 1. The molecule has 0 aliphatic carbocycles. The minimum atomic E-state index is -0.393. The fraction of sp³-hybridized carbons (Fsp3) is 0.0556. The summed E-state index contributed by atoms with van der Waals surface area (Å²) in [5.74, 6) is 0.0437. The molecular formula is C18H14N4O2. The molecule has 0 fully saturated rings. The molecule has 24 heavy (non-hydrogen) atoms. The van der Waals surface area contributed by atoms with Crippen molar-refractivity contribution in [3.8, 4) is 28.5 Å². The largest absolute Gasteiger partial charge is 0.465 e. The van der Waals surface area contributed by atoms with E-state index in [4.69, 9.17) is 15.7 Å². The summed E-state index contributed by atoms with van der Waals surface area (Å²) in [4.78, 5) is 11.5. The molecule has 6 nitrogen and oxygen atoms in total. The standard InChI is InChI=1S/C18H14N4O2/c1-24-18(23)14-8-6-13(7-9-14)16-15(17(20)22-21-16)12-4-2-11(10-19)3-5-12/h2-9H,1H3,(H3,20,21,22). The van der Waals surface area contributed by atoms with E-state index in [-0.39, 0.29) is 0 Å². The number of nitrogens with one attached hydrogen (secondary N) is 1. The Morgan fingerprint density at radius 3 is 2.33 bits per heavy atom. The Morgan fingerprint density at radius 2 is 1.75 bits per heavy atom. The Kier molecular flexibility index (Phi) is 4.00. The van der Waals surface area contributed by atoms with E-state index in [1.807, 2.05) is 12.1 Å². The summed E-state index contributed by atoms with van der Waals surface area (Å²) in [5, 5.41) is 16.0. The fourth-order valence-electron chi connectivity index (χ4n) is 2.45. The molecule has 0 bridgehead atoms. The van der Waals surface area contributed by atoms with Gasteiger partial charge in [0.2, 0.25) is 0 Å². The van der Waals surface area contributed by atoms with Crippen LogP contribution >= 0.6 is 0 Å². The minimum absolute atomic E-state index is 0.393. The number of aromatic nitrogens is 2. The molecule has 0 saturated heterocycles. The number of hydrogen-bond acceptors (Lipinski definition) is 5. The van der Waals surface area contributed by atoms with E-state index in [1.54, 1.807) is 36.4 Å². The lowest BCUT2D eigenvalue weighted by molar-refractivity contribution is 0.0601. The number of ether oxygens (including phenoxy) is 1. The van der Waals surface area contributed by atoms with Crippen LogP contribution in [0, 0.1) is 11.3 Å². The van der Waals surface area contributed by atoms with Crippen molar-refractivity contribution in [3.05, 3.63) is 59.7 Å². The molecule has 0 unspecified atom stereocenters. The molecule has 0 aliphatic heterocycles. The lowest BCUT2D eigenvalue weighted by atomic mass is 9.99. The molecule has 118 valence electrons. The van der Waals surface area contributed by atoms with Gasteiger partial charge in [0.05, 0.1) is 29.9 Å². The number of anilines is 1. The minimum Gasteiger partial charge on any atom is -0.465 e. The summed E-state index contributed by atoms with van der Waals surface area (Å²) in [7, 11) is 1.34. The van der Waals surface area contributed by atoms with Gasteiger partial charge in [-0.05, 0) is 29.8 Å². The number of aromatic amines is 1. The van der Waals surface area contributed by atoms with Gasteiger partial charge in [-0.25, -0.2) is 4.79 Å². The second kappa shape index (κ2) is 6.26. The van der Waals surface area contributed by atoms with Gasteiger partial charge >= 0.3 is 5.97 Å². The number of benzene rings is 2. The molecule has 0 amide bonds.